The van der Waals surface area contributed by atoms with E-state index in [9.17, 15) is 9.59 Å². The zero-order chi connectivity index (χ0) is 18.1. The van der Waals surface area contributed by atoms with E-state index in [1.807, 2.05) is 18.1 Å². The van der Waals surface area contributed by atoms with Crippen LogP contribution in [0.1, 0.15) is 27.5 Å². The van der Waals surface area contributed by atoms with Crippen molar-refractivity contribution in [3.8, 4) is 0 Å². The van der Waals surface area contributed by atoms with E-state index in [2.05, 4.69) is 10.1 Å². The summed E-state index contributed by atoms with van der Waals surface area (Å²) in [6.07, 6.45) is 5.08. The predicted octanol–water partition coefficient (Wildman–Crippen LogP) is 0.413. The Labute approximate surface area is 151 Å². The van der Waals surface area contributed by atoms with Gasteiger partial charge in [0.25, 0.3) is 5.91 Å². The van der Waals surface area contributed by atoms with Crippen molar-refractivity contribution in [2.75, 3.05) is 32.8 Å². The molecule has 0 bridgehead atoms. The third-order valence-corrected chi connectivity index (χ3v) is 4.85. The van der Waals surface area contributed by atoms with Crippen LogP contribution in [0.2, 0.25) is 0 Å². The fraction of sp³-hybridized carbons (Fsp3) is 0.444. The number of carbonyl (C=O) groups is 2. The van der Waals surface area contributed by atoms with E-state index in [0.717, 1.165) is 11.3 Å². The first kappa shape index (κ1) is 16.7. The van der Waals surface area contributed by atoms with Gasteiger partial charge in [0.1, 0.15) is 5.92 Å². The smallest absolute Gasteiger partial charge is 0.255 e. The first-order chi connectivity index (χ1) is 12.6. The van der Waals surface area contributed by atoms with E-state index in [0.29, 0.717) is 45.0 Å². The molecule has 1 atom stereocenters. The lowest BCUT2D eigenvalue weighted by Gasteiger charge is -2.35. The van der Waals surface area contributed by atoms with Gasteiger partial charge in [-0.05, 0) is 12.1 Å². The van der Waals surface area contributed by atoms with Crippen molar-refractivity contribution < 1.29 is 14.3 Å². The number of pyridine rings is 1. The van der Waals surface area contributed by atoms with E-state index in [-0.39, 0.29) is 11.8 Å². The zero-order valence-electron chi connectivity index (χ0n) is 14.7. The third-order valence-electron chi connectivity index (χ3n) is 4.85. The SMILES string of the molecule is Cn1cc2c(n1)C(C(=O)N1CCOCC1)CN(C(=O)c1cccnc1)C2. The molecule has 0 N–H and O–H groups in total. The monoisotopic (exact) mass is 355 g/mol. The van der Waals surface area contributed by atoms with Crippen LogP contribution in [0.15, 0.2) is 30.7 Å². The molecular weight excluding hydrogens is 334 g/mol. The Hall–Kier alpha value is -2.74. The van der Waals surface area contributed by atoms with Crippen LogP contribution in [0.4, 0.5) is 0 Å². The van der Waals surface area contributed by atoms with Gasteiger partial charge < -0.3 is 14.5 Å². The Morgan fingerprint density at radius 2 is 2.04 bits per heavy atom. The molecule has 8 heteroatoms. The Morgan fingerprint density at radius 1 is 1.23 bits per heavy atom. The summed E-state index contributed by atoms with van der Waals surface area (Å²) >= 11 is 0. The molecule has 136 valence electrons. The molecule has 26 heavy (non-hydrogen) atoms. The molecule has 4 rings (SSSR count). The maximum absolute atomic E-state index is 13.1. The van der Waals surface area contributed by atoms with Gasteiger partial charge in [-0.15, -0.1) is 0 Å². The van der Waals surface area contributed by atoms with Gasteiger partial charge in [0.05, 0.1) is 24.5 Å². The van der Waals surface area contributed by atoms with E-state index in [4.69, 9.17) is 4.74 Å². The van der Waals surface area contributed by atoms with Crippen molar-refractivity contribution in [3.63, 3.8) is 0 Å². The Bertz CT molecular complexity index is 813. The molecule has 1 unspecified atom stereocenters. The Morgan fingerprint density at radius 3 is 2.77 bits per heavy atom. The molecule has 0 aliphatic carbocycles. The van der Waals surface area contributed by atoms with Crippen LogP contribution in [-0.2, 0) is 23.1 Å². The van der Waals surface area contributed by atoms with Gasteiger partial charge in [-0.3, -0.25) is 19.3 Å². The van der Waals surface area contributed by atoms with Crippen LogP contribution in [0.3, 0.4) is 0 Å². The zero-order valence-corrected chi connectivity index (χ0v) is 14.7. The summed E-state index contributed by atoms with van der Waals surface area (Å²) in [6.45, 7) is 3.03. The van der Waals surface area contributed by atoms with Crippen molar-refractivity contribution in [2.45, 2.75) is 12.5 Å². The summed E-state index contributed by atoms with van der Waals surface area (Å²) in [5, 5.41) is 4.50. The summed E-state index contributed by atoms with van der Waals surface area (Å²) in [5.41, 5.74) is 2.22. The topological polar surface area (TPSA) is 80.6 Å². The number of morpholine rings is 1. The van der Waals surface area contributed by atoms with Gasteiger partial charge in [-0.1, -0.05) is 0 Å². The summed E-state index contributed by atoms with van der Waals surface area (Å²) in [4.78, 5) is 33.5. The maximum Gasteiger partial charge on any atom is 0.255 e. The lowest BCUT2D eigenvalue weighted by molar-refractivity contribution is -0.137. The minimum atomic E-state index is -0.446. The molecule has 0 spiro atoms. The normalized spacial score (nSPS) is 20.0. The lowest BCUT2D eigenvalue weighted by Crippen LogP contribution is -2.48. The Kier molecular flexibility index (Phi) is 4.42. The summed E-state index contributed by atoms with van der Waals surface area (Å²) in [6, 6.07) is 3.48. The molecule has 1 saturated heterocycles. The second-order valence-corrected chi connectivity index (χ2v) is 6.63. The second-order valence-electron chi connectivity index (χ2n) is 6.63. The lowest BCUT2D eigenvalue weighted by atomic mass is 9.94. The van der Waals surface area contributed by atoms with Crippen molar-refractivity contribution in [1.29, 1.82) is 0 Å². The standard InChI is InChI=1S/C18H21N5O3/c1-21-10-14-11-23(17(24)13-3-2-4-19-9-13)12-15(16(14)20-21)18(25)22-5-7-26-8-6-22/h2-4,9-10,15H,5-8,11-12H2,1H3. The quantitative estimate of drug-likeness (QED) is 0.780. The number of nitrogens with zero attached hydrogens (tertiary/aromatic N) is 5. The molecule has 2 aliphatic rings. The molecule has 2 amide bonds. The number of hydrogen-bond acceptors (Lipinski definition) is 5. The van der Waals surface area contributed by atoms with E-state index >= 15 is 0 Å². The minimum Gasteiger partial charge on any atom is -0.378 e. The largest absolute Gasteiger partial charge is 0.378 e. The van der Waals surface area contributed by atoms with Gasteiger partial charge in [-0.2, -0.15) is 5.10 Å². The van der Waals surface area contributed by atoms with Crippen LogP contribution in [0.5, 0.6) is 0 Å². The van der Waals surface area contributed by atoms with Crippen LogP contribution in [0.25, 0.3) is 0 Å². The number of fused-ring (bicyclic) bond motifs is 1. The number of aryl methyl sites for hydroxylation is 1. The average Bonchev–Trinajstić information content (AvgIpc) is 3.07. The summed E-state index contributed by atoms with van der Waals surface area (Å²) < 4.78 is 7.05. The number of carbonyl (C=O) groups excluding carboxylic acids is 2. The summed E-state index contributed by atoms with van der Waals surface area (Å²) in [7, 11) is 1.84. The maximum atomic E-state index is 13.1. The van der Waals surface area contributed by atoms with E-state index in [1.54, 1.807) is 34.1 Å². The number of rotatable bonds is 2. The molecule has 2 aromatic heterocycles. The number of aromatic nitrogens is 3. The van der Waals surface area contributed by atoms with Gasteiger partial charge in [-0.25, -0.2) is 0 Å². The molecule has 8 nitrogen and oxygen atoms in total. The van der Waals surface area contributed by atoms with Crippen molar-refractivity contribution in [2.24, 2.45) is 7.05 Å². The van der Waals surface area contributed by atoms with Gasteiger partial charge >= 0.3 is 0 Å². The first-order valence-electron chi connectivity index (χ1n) is 8.71. The number of hydrogen-bond donors (Lipinski definition) is 0. The van der Waals surface area contributed by atoms with Crippen LogP contribution >= 0.6 is 0 Å². The third kappa shape index (κ3) is 3.08. The van der Waals surface area contributed by atoms with E-state index in [1.165, 1.54) is 0 Å². The molecule has 4 heterocycles. The summed E-state index contributed by atoms with van der Waals surface area (Å²) in [5.74, 6) is -0.553. The van der Waals surface area contributed by atoms with E-state index < -0.39 is 5.92 Å². The second kappa shape index (κ2) is 6.87. The predicted molar refractivity (Wildman–Crippen MR) is 92.3 cm³/mol. The van der Waals surface area contributed by atoms with Gasteiger partial charge in [0, 0.05) is 57.4 Å². The molecule has 0 aromatic carbocycles. The van der Waals surface area contributed by atoms with Crippen LogP contribution in [0, 0.1) is 0 Å². The molecular formula is C18H21N5O3. The highest BCUT2D eigenvalue weighted by Gasteiger charge is 2.37. The van der Waals surface area contributed by atoms with Crippen LogP contribution in [-0.4, -0.2) is 69.2 Å². The minimum absolute atomic E-state index is 0.0111. The van der Waals surface area contributed by atoms with Crippen LogP contribution < -0.4 is 0 Å². The average molecular weight is 355 g/mol. The van der Waals surface area contributed by atoms with Gasteiger partial charge in [0.15, 0.2) is 0 Å². The molecule has 1 fully saturated rings. The Balaban J connectivity index is 1.62. The molecule has 0 radical (unpaired) electrons. The van der Waals surface area contributed by atoms with Crippen molar-refractivity contribution in [1.82, 2.24) is 24.6 Å². The number of ether oxygens (including phenoxy) is 1. The molecule has 0 saturated carbocycles. The molecule has 2 aliphatic heterocycles. The van der Waals surface area contributed by atoms with Gasteiger partial charge in [0.2, 0.25) is 5.91 Å². The fourth-order valence-corrected chi connectivity index (χ4v) is 3.57. The highest BCUT2D eigenvalue weighted by atomic mass is 16.5. The molecule has 2 aromatic rings. The highest BCUT2D eigenvalue weighted by Crippen LogP contribution is 2.30. The fourth-order valence-electron chi connectivity index (χ4n) is 3.57. The van der Waals surface area contributed by atoms with Crippen molar-refractivity contribution in [3.05, 3.63) is 47.5 Å². The highest BCUT2D eigenvalue weighted by molar-refractivity contribution is 5.95. The number of amides is 2. The first-order valence-corrected chi connectivity index (χ1v) is 8.71. The van der Waals surface area contributed by atoms with Crippen molar-refractivity contribution >= 4 is 11.8 Å².